The average molecular weight is 492 g/mol. The van der Waals surface area contributed by atoms with Crippen LogP contribution in [0.2, 0.25) is 10.0 Å². The number of hydrogen-bond donors (Lipinski definition) is 1. The molecule has 0 heterocycles. The number of ether oxygens (including phenoxy) is 1. The topological polar surface area (TPSA) is 67.8 Å². The molecule has 0 aliphatic carbocycles. The second-order valence-electron chi connectivity index (χ2n) is 5.77. The SMILES string of the molecule is O=C(N/N=C\c1cc(Br)ccc1OC(=O)c1ccccc1)c1ccc(Cl)c(Cl)c1. The van der Waals surface area contributed by atoms with E-state index in [-0.39, 0.29) is 5.02 Å². The van der Waals surface area contributed by atoms with Gasteiger partial charge in [-0.25, -0.2) is 10.2 Å². The van der Waals surface area contributed by atoms with Gasteiger partial charge in [-0.2, -0.15) is 5.10 Å². The van der Waals surface area contributed by atoms with Crippen molar-refractivity contribution in [3.05, 3.63) is 97.9 Å². The van der Waals surface area contributed by atoms with Crippen molar-refractivity contribution in [2.75, 3.05) is 0 Å². The predicted octanol–water partition coefficient (Wildman–Crippen LogP) is 5.74. The normalized spacial score (nSPS) is 10.7. The lowest BCUT2D eigenvalue weighted by atomic mass is 10.2. The van der Waals surface area contributed by atoms with Crippen LogP contribution in [0.3, 0.4) is 0 Å². The minimum absolute atomic E-state index is 0.269. The van der Waals surface area contributed by atoms with Gasteiger partial charge in [0.15, 0.2) is 0 Å². The van der Waals surface area contributed by atoms with Gasteiger partial charge in [0, 0.05) is 15.6 Å². The van der Waals surface area contributed by atoms with Crippen molar-refractivity contribution in [2.24, 2.45) is 5.10 Å². The van der Waals surface area contributed by atoms with Crippen molar-refractivity contribution in [3.8, 4) is 5.75 Å². The Morgan fingerprint density at radius 2 is 1.69 bits per heavy atom. The molecule has 146 valence electrons. The van der Waals surface area contributed by atoms with E-state index in [1.807, 2.05) is 6.07 Å². The molecule has 0 unspecified atom stereocenters. The highest BCUT2D eigenvalue weighted by atomic mass is 79.9. The van der Waals surface area contributed by atoms with E-state index in [9.17, 15) is 9.59 Å². The molecule has 0 aliphatic heterocycles. The minimum Gasteiger partial charge on any atom is -0.422 e. The maximum absolute atomic E-state index is 12.3. The van der Waals surface area contributed by atoms with Gasteiger partial charge in [-0.3, -0.25) is 4.79 Å². The predicted molar refractivity (Wildman–Crippen MR) is 117 cm³/mol. The molecular weight excluding hydrogens is 479 g/mol. The summed E-state index contributed by atoms with van der Waals surface area (Å²) in [6.07, 6.45) is 1.38. The second kappa shape index (κ2) is 9.69. The summed E-state index contributed by atoms with van der Waals surface area (Å²) in [6, 6.07) is 18.2. The maximum atomic E-state index is 12.3. The quantitative estimate of drug-likeness (QED) is 0.214. The largest absolute Gasteiger partial charge is 0.422 e. The molecule has 1 N–H and O–H groups in total. The Morgan fingerprint density at radius 1 is 0.931 bits per heavy atom. The molecule has 0 saturated heterocycles. The molecule has 1 amide bonds. The Kier molecular flexibility index (Phi) is 7.04. The van der Waals surface area contributed by atoms with Gasteiger partial charge in [-0.1, -0.05) is 57.3 Å². The number of carbonyl (C=O) groups is 2. The zero-order valence-corrected chi connectivity index (χ0v) is 17.8. The van der Waals surface area contributed by atoms with Gasteiger partial charge in [0.2, 0.25) is 0 Å². The molecule has 0 radical (unpaired) electrons. The van der Waals surface area contributed by atoms with E-state index in [0.29, 0.717) is 27.5 Å². The van der Waals surface area contributed by atoms with Crippen LogP contribution in [0.5, 0.6) is 5.75 Å². The van der Waals surface area contributed by atoms with E-state index < -0.39 is 11.9 Å². The Balaban J connectivity index is 1.74. The fourth-order valence-corrected chi connectivity index (χ4v) is 2.99. The van der Waals surface area contributed by atoms with Crippen LogP contribution in [-0.2, 0) is 0 Å². The first-order valence-corrected chi connectivity index (χ1v) is 9.84. The van der Waals surface area contributed by atoms with Gasteiger partial charge < -0.3 is 4.74 Å². The minimum atomic E-state index is -0.498. The zero-order valence-electron chi connectivity index (χ0n) is 14.7. The van der Waals surface area contributed by atoms with E-state index in [2.05, 4.69) is 26.5 Å². The summed E-state index contributed by atoms with van der Waals surface area (Å²) in [5, 5.41) is 4.56. The number of benzene rings is 3. The third-order valence-corrected chi connectivity index (χ3v) is 4.97. The van der Waals surface area contributed by atoms with E-state index in [1.54, 1.807) is 42.5 Å². The monoisotopic (exact) mass is 490 g/mol. The maximum Gasteiger partial charge on any atom is 0.343 e. The summed E-state index contributed by atoms with van der Waals surface area (Å²) in [5.74, 6) is -0.658. The van der Waals surface area contributed by atoms with Crippen molar-refractivity contribution < 1.29 is 14.3 Å². The van der Waals surface area contributed by atoms with Gasteiger partial charge in [0.05, 0.1) is 21.8 Å². The zero-order chi connectivity index (χ0) is 20.8. The molecule has 5 nitrogen and oxygen atoms in total. The number of nitrogens with one attached hydrogen (secondary N) is 1. The van der Waals surface area contributed by atoms with Crippen LogP contribution in [0.4, 0.5) is 0 Å². The first-order chi connectivity index (χ1) is 13.9. The molecule has 3 aromatic carbocycles. The van der Waals surface area contributed by atoms with E-state index in [4.69, 9.17) is 27.9 Å². The number of nitrogens with zero attached hydrogens (tertiary/aromatic N) is 1. The number of esters is 1. The molecule has 8 heteroatoms. The summed E-state index contributed by atoms with van der Waals surface area (Å²) in [7, 11) is 0. The Labute approximate surface area is 185 Å². The van der Waals surface area contributed by atoms with Crippen LogP contribution >= 0.6 is 39.1 Å². The highest BCUT2D eigenvalue weighted by Crippen LogP contribution is 2.24. The molecule has 0 saturated carbocycles. The highest BCUT2D eigenvalue weighted by molar-refractivity contribution is 9.10. The van der Waals surface area contributed by atoms with Crippen LogP contribution in [-0.4, -0.2) is 18.1 Å². The Hall–Kier alpha value is -2.67. The van der Waals surface area contributed by atoms with Crippen molar-refractivity contribution in [1.82, 2.24) is 5.43 Å². The molecule has 0 fully saturated rings. The lowest BCUT2D eigenvalue weighted by Crippen LogP contribution is -2.17. The molecule has 0 bridgehead atoms. The van der Waals surface area contributed by atoms with Crippen molar-refractivity contribution in [1.29, 1.82) is 0 Å². The Morgan fingerprint density at radius 3 is 2.41 bits per heavy atom. The standard InChI is InChI=1S/C21H13BrCl2N2O3/c22-16-7-9-19(29-21(28)13-4-2-1-3-5-13)15(10-16)12-25-26-20(27)14-6-8-17(23)18(24)11-14/h1-12H,(H,26,27)/b25-12-. The van der Waals surface area contributed by atoms with Gasteiger partial charge in [-0.15, -0.1) is 0 Å². The summed E-state index contributed by atoms with van der Waals surface area (Å²) in [4.78, 5) is 24.5. The van der Waals surface area contributed by atoms with Gasteiger partial charge in [0.1, 0.15) is 5.75 Å². The molecule has 0 aromatic heterocycles. The molecular formula is C21H13BrCl2N2O3. The van der Waals surface area contributed by atoms with Crippen LogP contribution in [0.1, 0.15) is 26.3 Å². The van der Waals surface area contributed by atoms with Gasteiger partial charge in [0.25, 0.3) is 5.91 Å². The van der Waals surface area contributed by atoms with E-state index in [1.165, 1.54) is 24.4 Å². The lowest BCUT2D eigenvalue weighted by molar-refractivity contribution is 0.0734. The lowest BCUT2D eigenvalue weighted by Gasteiger charge is -2.08. The van der Waals surface area contributed by atoms with Crippen molar-refractivity contribution in [3.63, 3.8) is 0 Å². The van der Waals surface area contributed by atoms with E-state index in [0.717, 1.165) is 4.47 Å². The van der Waals surface area contributed by atoms with E-state index >= 15 is 0 Å². The molecule has 0 aliphatic rings. The molecule has 0 spiro atoms. The van der Waals surface area contributed by atoms with Crippen LogP contribution in [0, 0.1) is 0 Å². The smallest absolute Gasteiger partial charge is 0.343 e. The molecule has 0 atom stereocenters. The summed E-state index contributed by atoms with van der Waals surface area (Å²) in [5.41, 5.74) is 3.63. The first-order valence-electron chi connectivity index (χ1n) is 8.29. The summed E-state index contributed by atoms with van der Waals surface area (Å²) < 4.78 is 6.22. The highest BCUT2D eigenvalue weighted by Gasteiger charge is 2.12. The Bertz CT molecular complexity index is 1090. The van der Waals surface area contributed by atoms with Crippen LogP contribution < -0.4 is 10.2 Å². The second-order valence-corrected chi connectivity index (χ2v) is 7.50. The molecule has 3 aromatic rings. The first kappa shape index (κ1) is 21.0. The number of hydrogen-bond acceptors (Lipinski definition) is 4. The van der Waals surface area contributed by atoms with Crippen molar-refractivity contribution in [2.45, 2.75) is 0 Å². The molecule has 29 heavy (non-hydrogen) atoms. The third-order valence-electron chi connectivity index (χ3n) is 3.74. The van der Waals surface area contributed by atoms with Crippen LogP contribution in [0.15, 0.2) is 76.3 Å². The number of amides is 1. The van der Waals surface area contributed by atoms with Gasteiger partial charge >= 0.3 is 5.97 Å². The average Bonchev–Trinajstić information content (AvgIpc) is 2.72. The third kappa shape index (κ3) is 5.67. The van der Waals surface area contributed by atoms with Gasteiger partial charge in [-0.05, 0) is 48.5 Å². The van der Waals surface area contributed by atoms with Crippen LogP contribution in [0.25, 0.3) is 0 Å². The number of halogens is 3. The fourth-order valence-electron chi connectivity index (χ4n) is 2.31. The fraction of sp³-hybridized carbons (Fsp3) is 0. The summed E-state index contributed by atoms with van der Waals surface area (Å²) in [6.45, 7) is 0. The number of hydrazone groups is 1. The number of rotatable bonds is 5. The van der Waals surface area contributed by atoms with Crippen molar-refractivity contribution >= 4 is 57.2 Å². The molecule has 3 rings (SSSR count). The summed E-state index contributed by atoms with van der Waals surface area (Å²) >= 11 is 15.1. The number of carbonyl (C=O) groups excluding carboxylic acids is 2.